The molecule has 0 saturated heterocycles. The van der Waals surface area contributed by atoms with E-state index in [1.807, 2.05) is 0 Å². The van der Waals surface area contributed by atoms with Crippen LogP contribution in [0, 0.1) is 0 Å². The number of hydrogen-bond donors (Lipinski definition) is 0. The average molecular weight is 540 g/mol. The van der Waals surface area contributed by atoms with E-state index in [2.05, 4.69) is 0 Å². The Balaban J connectivity index is 0. The van der Waals surface area contributed by atoms with Crippen LogP contribution >= 0.6 is 0 Å². The minimum atomic E-state index is -0.909. The minimum absolute atomic E-state index is 0. The number of allylic oxidation sites excluding steroid dienone is 2. The van der Waals surface area contributed by atoms with E-state index in [-0.39, 0.29) is 50.7 Å². The van der Waals surface area contributed by atoms with E-state index in [1.54, 1.807) is 25.3 Å². The van der Waals surface area contributed by atoms with E-state index in [1.165, 1.54) is 63.5 Å². The van der Waals surface area contributed by atoms with Gasteiger partial charge in [-0.3, -0.25) is 28.9 Å². The number of nitrogens with zero attached hydrogens (tertiary/aromatic N) is 4. The van der Waals surface area contributed by atoms with E-state index in [0.29, 0.717) is 0 Å². The average Bonchev–Trinajstić information content (AvgIpc) is 2.76. The molecule has 0 fully saturated rings. The zero-order valence-electron chi connectivity index (χ0n) is 21.0. The van der Waals surface area contributed by atoms with Crippen molar-refractivity contribution in [2.45, 2.75) is 58.3 Å². The van der Waals surface area contributed by atoms with Crippen LogP contribution in [0.25, 0.3) is 0 Å². The van der Waals surface area contributed by atoms with Crippen LogP contribution in [0.5, 0.6) is 0 Å². The molecule has 0 rings (SSSR count). The number of ketones is 2. The molecule has 0 N–H and O–H groups in total. The Kier molecular flexibility index (Phi) is 15.4. The fourth-order valence-corrected chi connectivity index (χ4v) is 2.77. The summed E-state index contributed by atoms with van der Waals surface area (Å²) in [6, 6.07) is -3.37. The van der Waals surface area contributed by atoms with Crippen molar-refractivity contribution in [1.29, 1.82) is 0 Å². The Hall–Kier alpha value is -1.78. The van der Waals surface area contributed by atoms with Crippen LogP contribution in [0.1, 0.15) is 34.1 Å². The predicted molar refractivity (Wildman–Crippen MR) is 119 cm³/mol. The van der Waals surface area contributed by atoms with Crippen LogP contribution in [0.4, 0.5) is 0 Å². The first-order valence-corrected chi connectivity index (χ1v) is 10.2. The second-order valence-corrected chi connectivity index (χ2v) is 8.09. The third kappa shape index (κ3) is 9.94. The van der Waals surface area contributed by atoms with E-state index >= 15 is 0 Å². The van der Waals surface area contributed by atoms with Crippen molar-refractivity contribution in [2.75, 3.05) is 35.2 Å². The minimum Gasteiger partial charge on any atom is -0.540 e. The molecule has 0 aromatic rings. The van der Waals surface area contributed by atoms with Gasteiger partial charge in [0.15, 0.2) is 11.6 Å². The fourth-order valence-electron chi connectivity index (χ4n) is 2.77. The van der Waals surface area contributed by atoms with Crippen molar-refractivity contribution in [3.63, 3.8) is 0 Å². The molecule has 0 heterocycles. The first-order valence-electron chi connectivity index (χ1n) is 10.2. The van der Waals surface area contributed by atoms with Gasteiger partial charge in [-0.15, -0.1) is 0 Å². The molecule has 0 aliphatic carbocycles. The molecule has 0 spiro atoms. The number of carbonyl (C=O) groups is 5. The summed E-state index contributed by atoms with van der Waals surface area (Å²) >= 11 is 0. The molecule has 4 unspecified atom stereocenters. The molecule has 0 saturated carbocycles. The second-order valence-electron chi connectivity index (χ2n) is 8.09. The fraction of sp³-hybridized carbons (Fsp3) is 0.636. The van der Waals surface area contributed by atoms with Crippen LogP contribution in [-0.2, 0) is 61.5 Å². The zero-order chi connectivity index (χ0) is 25.3. The maximum Gasteiger partial charge on any atom is 0.245 e. The number of amides is 3. The van der Waals surface area contributed by atoms with Crippen LogP contribution in [0.15, 0.2) is 12.2 Å². The van der Waals surface area contributed by atoms with Crippen molar-refractivity contribution in [3.8, 4) is 0 Å². The molecule has 0 aliphatic rings. The summed E-state index contributed by atoms with van der Waals surface area (Å²) < 4.78 is 0. The van der Waals surface area contributed by atoms with Gasteiger partial charge in [-0.25, -0.2) is 6.29 Å². The first kappa shape index (κ1) is 33.4. The predicted octanol–water partition coefficient (Wildman–Crippen LogP) is -0.331. The number of rotatable bonds is 12. The van der Waals surface area contributed by atoms with Gasteiger partial charge in [-0.1, -0.05) is 13.0 Å². The Morgan fingerprint density at radius 1 is 0.758 bits per heavy atom. The van der Waals surface area contributed by atoms with E-state index in [4.69, 9.17) is 0 Å². The second kappa shape index (κ2) is 15.2. The Morgan fingerprint density at radius 2 is 1.18 bits per heavy atom. The van der Waals surface area contributed by atoms with Crippen molar-refractivity contribution in [1.82, 2.24) is 19.6 Å². The number of hydrogen-bond acceptors (Lipinski definition) is 7. The molecule has 183 valence electrons. The van der Waals surface area contributed by atoms with Crippen molar-refractivity contribution >= 4 is 35.6 Å². The van der Waals surface area contributed by atoms with Gasteiger partial charge in [-0.2, -0.15) is 0 Å². The summed E-state index contributed by atoms with van der Waals surface area (Å²) in [6.45, 7) is 5.90. The summed E-state index contributed by atoms with van der Waals surface area (Å²) in [4.78, 5) is 77.7. The third-order valence-electron chi connectivity index (χ3n) is 5.48. The van der Waals surface area contributed by atoms with Gasteiger partial charge in [0, 0.05) is 60.3 Å². The molecular weight excluding hydrogens is 505 g/mol. The molecule has 0 aliphatic heterocycles. The summed E-state index contributed by atoms with van der Waals surface area (Å²) in [7, 11) is 7.62. The molecule has 0 aromatic heterocycles. The standard InChI is InChI=1S/C22H35N4O6.Y/c1-14(13-27)24(7)20(30)16(3)25(8)21(31)17(4)26(9)22(32)19(23(5)6)12-18(29)11-10-15(2)28;/h10-11,14,16-17,19H,12H2,1-9H3;/q-1;/b11-10+;. The van der Waals surface area contributed by atoms with E-state index in [9.17, 15) is 28.8 Å². The summed E-state index contributed by atoms with van der Waals surface area (Å²) in [5, 5.41) is 0. The van der Waals surface area contributed by atoms with Gasteiger partial charge in [0.2, 0.25) is 17.7 Å². The maximum atomic E-state index is 13.0. The number of likely N-dealkylation sites (N-methyl/N-ethyl adjacent to an activating group) is 4. The Morgan fingerprint density at radius 3 is 1.58 bits per heavy atom. The largest absolute Gasteiger partial charge is 0.540 e. The molecule has 11 heteroatoms. The molecule has 1 radical (unpaired) electrons. The van der Waals surface area contributed by atoms with Gasteiger partial charge in [-0.05, 0) is 47.0 Å². The van der Waals surface area contributed by atoms with E-state index in [0.717, 1.165) is 12.2 Å². The van der Waals surface area contributed by atoms with Gasteiger partial charge >= 0.3 is 0 Å². The zero-order valence-corrected chi connectivity index (χ0v) is 23.8. The molecule has 4 atom stereocenters. The molecule has 0 aromatic carbocycles. The third-order valence-corrected chi connectivity index (χ3v) is 5.48. The SMILES string of the molecule is CC(=O)/C=C/C(=O)CC(C(=O)N(C)C(C)C(=O)N(C)C(C)C(=O)N(C)C(C)[C-]=O)N(C)C.[Y]. The van der Waals surface area contributed by atoms with Crippen LogP contribution in [0.2, 0.25) is 0 Å². The molecule has 33 heavy (non-hydrogen) atoms. The van der Waals surface area contributed by atoms with Crippen molar-refractivity contribution in [2.24, 2.45) is 0 Å². The summed E-state index contributed by atoms with van der Waals surface area (Å²) in [6.07, 6.45) is 3.84. The van der Waals surface area contributed by atoms with Gasteiger partial charge < -0.3 is 19.5 Å². The smallest absolute Gasteiger partial charge is 0.245 e. The quantitative estimate of drug-likeness (QED) is 0.246. The van der Waals surface area contributed by atoms with Gasteiger partial charge in [0.05, 0.1) is 6.04 Å². The summed E-state index contributed by atoms with van der Waals surface area (Å²) in [5.74, 6) is -2.03. The molecule has 10 nitrogen and oxygen atoms in total. The molecule has 0 bridgehead atoms. The van der Waals surface area contributed by atoms with Crippen LogP contribution in [0.3, 0.4) is 0 Å². The topological polar surface area (TPSA) is 115 Å². The maximum absolute atomic E-state index is 13.0. The monoisotopic (exact) mass is 540 g/mol. The Labute approximate surface area is 221 Å². The van der Waals surface area contributed by atoms with Crippen LogP contribution < -0.4 is 0 Å². The van der Waals surface area contributed by atoms with Gasteiger partial charge in [0.1, 0.15) is 12.1 Å². The van der Waals surface area contributed by atoms with Crippen molar-refractivity contribution in [3.05, 3.63) is 12.2 Å². The Bertz CT molecular complexity index is 770. The van der Waals surface area contributed by atoms with Crippen LogP contribution in [-0.4, -0.2) is 115 Å². The molecular formula is C22H35N4O6Y-. The number of carbonyl (C=O) groups excluding carboxylic acids is 6. The first-order chi connectivity index (χ1) is 14.7. The molecule has 3 amide bonds. The summed E-state index contributed by atoms with van der Waals surface area (Å²) in [5.41, 5.74) is 0. The van der Waals surface area contributed by atoms with E-state index < -0.39 is 41.9 Å². The van der Waals surface area contributed by atoms with Crippen molar-refractivity contribution < 1.29 is 61.5 Å². The normalized spacial score (nSPS) is 14.5. The van der Waals surface area contributed by atoms with Gasteiger partial charge in [0.25, 0.3) is 0 Å².